The second kappa shape index (κ2) is 5.64. The maximum Gasteiger partial charge on any atom is 0.160 e. The van der Waals surface area contributed by atoms with Gasteiger partial charge in [-0.3, -0.25) is 0 Å². The van der Waals surface area contributed by atoms with Gasteiger partial charge in [0.2, 0.25) is 0 Å². The fraction of sp³-hybridized carbons (Fsp3) is 0.600. The van der Waals surface area contributed by atoms with E-state index in [1.54, 1.807) is 0 Å². The van der Waals surface area contributed by atoms with Crippen molar-refractivity contribution in [1.29, 1.82) is 0 Å². The Morgan fingerprint density at radius 2 is 2.30 bits per heavy atom. The summed E-state index contributed by atoms with van der Waals surface area (Å²) in [6.07, 6.45) is 5.81. The van der Waals surface area contributed by atoms with Gasteiger partial charge in [-0.25, -0.2) is 9.97 Å². The number of alkyl halides is 1. The molecule has 1 aliphatic rings. The SMILES string of the molecule is CC(Cl)c1nc2cc(Br)cnc2n1CC1CCCC1C. The highest BCUT2D eigenvalue weighted by molar-refractivity contribution is 9.10. The highest BCUT2D eigenvalue weighted by Gasteiger charge is 2.26. The summed E-state index contributed by atoms with van der Waals surface area (Å²) >= 11 is 9.77. The Morgan fingerprint density at radius 3 is 2.95 bits per heavy atom. The van der Waals surface area contributed by atoms with Crippen LogP contribution in [0.3, 0.4) is 0 Å². The van der Waals surface area contributed by atoms with Crippen LogP contribution >= 0.6 is 27.5 Å². The van der Waals surface area contributed by atoms with Crippen molar-refractivity contribution < 1.29 is 0 Å². The first-order valence-corrected chi connectivity index (χ1v) is 8.45. The molecule has 2 heterocycles. The Morgan fingerprint density at radius 1 is 1.50 bits per heavy atom. The minimum absolute atomic E-state index is 0.0975. The van der Waals surface area contributed by atoms with E-state index in [0.717, 1.165) is 33.9 Å². The van der Waals surface area contributed by atoms with E-state index in [-0.39, 0.29) is 5.38 Å². The fourth-order valence-electron chi connectivity index (χ4n) is 3.22. The summed E-state index contributed by atoms with van der Waals surface area (Å²) in [5.41, 5.74) is 1.88. The van der Waals surface area contributed by atoms with Gasteiger partial charge in [0.05, 0.1) is 5.38 Å². The Bertz CT molecular complexity index is 623. The molecule has 0 N–H and O–H groups in total. The molecule has 3 rings (SSSR count). The van der Waals surface area contributed by atoms with Crippen LogP contribution in [0.25, 0.3) is 11.2 Å². The van der Waals surface area contributed by atoms with Crippen molar-refractivity contribution in [2.45, 2.75) is 45.0 Å². The van der Waals surface area contributed by atoms with Gasteiger partial charge in [0, 0.05) is 17.2 Å². The molecule has 0 aliphatic heterocycles. The lowest BCUT2D eigenvalue weighted by Gasteiger charge is -2.18. The van der Waals surface area contributed by atoms with E-state index < -0.39 is 0 Å². The number of fused-ring (bicyclic) bond motifs is 1. The Kier molecular flexibility index (Phi) is 4.04. The molecule has 0 aromatic carbocycles. The van der Waals surface area contributed by atoms with E-state index in [4.69, 9.17) is 11.6 Å². The molecule has 1 saturated carbocycles. The van der Waals surface area contributed by atoms with Crippen LogP contribution in [-0.4, -0.2) is 14.5 Å². The summed E-state index contributed by atoms with van der Waals surface area (Å²) in [5.74, 6) is 2.43. The summed E-state index contributed by atoms with van der Waals surface area (Å²) in [6.45, 7) is 5.32. The predicted octanol–water partition coefficient (Wildman–Crippen LogP) is 4.93. The molecule has 0 saturated heterocycles. The Hall–Kier alpha value is -0.610. The van der Waals surface area contributed by atoms with Crippen LogP contribution in [-0.2, 0) is 6.54 Å². The number of pyridine rings is 1. The average molecular weight is 357 g/mol. The van der Waals surface area contributed by atoms with Gasteiger partial charge >= 0.3 is 0 Å². The van der Waals surface area contributed by atoms with Gasteiger partial charge in [0.1, 0.15) is 11.3 Å². The summed E-state index contributed by atoms with van der Waals surface area (Å²) in [7, 11) is 0. The van der Waals surface area contributed by atoms with Crippen molar-refractivity contribution in [3.63, 3.8) is 0 Å². The summed E-state index contributed by atoms with van der Waals surface area (Å²) in [4.78, 5) is 9.22. The summed E-state index contributed by atoms with van der Waals surface area (Å²) in [6, 6.07) is 2.01. The molecular weight excluding hydrogens is 338 g/mol. The van der Waals surface area contributed by atoms with Gasteiger partial charge in [0.25, 0.3) is 0 Å². The maximum absolute atomic E-state index is 6.32. The first kappa shape index (κ1) is 14.3. The topological polar surface area (TPSA) is 30.7 Å². The highest BCUT2D eigenvalue weighted by Crippen LogP contribution is 2.34. The molecule has 3 nitrogen and oxygen atoms in total. The number of nitrogens with zero attached hydrogens (tertiary/aromatic N) is 3. The van der Waals surface area contributed by atoms with Gasteiger partial charge < -0.3 is 4.57 Å². The van der Waals surface area contributed by atoms with Crippen LogP contribution in [0.1, 0.15) is 44.3 Å². The lowest BCUT2D eigenvalue weighted by molar-refractivity contribution is 0.362. The number of hydrogen-bond donors (Lipinski definition) is 0. The molecule has 1 aliphatic carbocycles. The maximum atomic E-state index is 6.32. The van der Waals surface area contributed by atoms with E-state index in [9.17, 15) is 0 Å². The zero-order chi connectivity index (χ0) is 14.3. The van der Waals surface area contributed by atoms with Crippen LogP contribution in [0, 0.1) is 11.8 Å². The minimum atomic E-state index is -0.0975. The molecule has 2 aromatic heterocycles. The van der Waals surface area contributed by atoms with E-state index >= 15 is 0 Å². The van der Waals surface area contributed by atoms with Gasteiger partial charge in [-0.2, -0.15) is 0 Å². The molecule has 20 heavy (non-hydrogen) atoms. The van der Waals surface area contributed by atoms with Crippen molar-refractivity contribution in [3.8, 4) is 0 Å². The van der Waals surface area contributed by atoms with E-state index in [0.29, 0.717) is 5.92 Å². The normalized spacial score (nSPS) is 24.4. The Balaban J connectivity index is 2.04. The predicted molar refractivity (Wildman–Crippen MR) is 86.0 cm³/mol. The molecule has 5 heteroatoms. The molecule has 3 unspecified atom stereocenters. The van der Waals surface area contributed by atoms with Gasteiger partial charge in [0.15, 0.2) is 5.65 Å². The smallest absolute Gasteiger partial charge is 0.160 e. The van der Waals surface area contributed by atoms with Crippen molar-refractivity contribution >= 4 is 38.7 Å². The molecule has 1 fully saturated rings. The van der Waals surface area contributed by atoms with Crippen molar-refractivity contribution in [2.24, 2.45) is 11.8 Å². The lowest BCUT2D eigenvalue weighted by Crippen LogP contribution is -2.16. The second-order valence-corrected chi connectivity index (χ2v) is 7.43. The number of hydrogen-bond acceptors (Lipinski definition) is 2. The third kappa shape index (κ3) is 2.60. The zero-order valence-corrected chi connectivity index (χ0v) is 14.2. The van der Waals surface area contributed by atoms with E-state index in [2.05, 4.69) is 37.4 Å². The summed E-state index contributed by atoms with van der Waals surface area (Å²) in [5, 5.41) is -0.0975. The molecule has 0 bridgehead atoms. The standard InChI is InChI=1S/C15H19BrClN3/c1-9-4-3-5-11(9)8-20-14(10(2)17)19-13-6-12(16)7-18-15(13)20/h6-7,9-11H,3-5,8H2,1-2H3. The number of aromatic nitrogens is 3. The van der Waals surface area contributed by atoms with Crippen LogP contribution in [0.15, 0.2) is 16.7 Å². The Labute approximate surface area is 132 Å². The van der Waals surface area contributed by atoms with Gasteiger partial charge in [-0.1, -0.05) is 19.8 Å². The van der Waals surface area contributed by atoms with Crippen LogP contribution in [0.2, 0.25) is 0 Å². The van der Waals surface area contributed by atoms with Crippen molar-refractivity contribution in [1.82, 2.24) is 14.5 Å². The molecule has 0 amide bonds. The van der Waals surface area contributed by atoms with Gasteiger partial charge in [-0.15, -0.1) is 11.6 Å². The molecule has 2 aromatic rings. The zero-order valence-electron chi connectivity index (χ0n) is 11.8. The van der Waals surface area contributed by atoms with Crippen LogP contribution in [0.4, 0.5) is 0 Å². The number of imidazole rings is 1. The molecule has 108 valence electrons. The molecule has 0 radical (unpaired) electrons. The largest absolute Gasteiger partial charge is 0.311 e. The molecule has 3 atom stereocenters. The second-order valence-electron chi connectivity index (χ2n) is 5.86. The monoisotopic (exact) mass is 355 g/mol. The number of rotatable bonds is 3. The highest BCUT2D eigenvalue weighted by atomic mass is 79.9. The third-order valence-corrected chi connectivity index (χ3v) is 5.02. The first-order valence-electron chi connectivity index (χ1n) is 7.22. The van der Waals surface area contributed by atoms with Crippen LogP contribution in [0.5, 0.6) is 0 Å². The summed E-state index contributed by atoms with van der Waals surface area (Å²) < 4.78 is 3.18. The third-order valence-electron chi connectivity index (χ3n) is 4.39. The minimum Gasteiger partial charge on any atom is -0.311 e. The quantitative estimate of drug-likeness (QED) is 0.730. The fourth-order valence-corrected chi connectivity index (χ4v) is 3.70. The van der Waals surface area contributed by atoms with Gasteiger partial charge in [-0.05, 0) is 47.2 Å². The molecular formula is C15H19BrClN3. The van der Waals surface area contributed by atoms with E-state index in [1.807, 2.05) is 19.2 Å². The van der Waals surface area contributed by atoms with Crippen LogP contribution < -0.4 is 0 Å². The number of halogens is 2. The first-order chi connectivity index (χ1) is 9.56. The molecule has 0 spiro atoms. The van der Waals surface area contributed by atoms with Crippen molar-refractivity contribution in [2.75, 3.05) is 0 Å². The van der Waals surface area contributed by atoms with Crippen molar-refractivity contribution in [3.05, 3.63) is 22.6 Å². The van der Waals surface area contributed by atoms with E-state index in [1.165, 1.54) is 19.3 Å². The lowest BCUT2D eigenvalue weighted by atomic mass is 9.98. The average Bonchev–Trinajstić information content (AvgIpc) is 2.95.